The van der Waals surface area contributed by atoms with Crippen molar-refractivity contribution in [2.24, 2.45) is 11.8 Å². The average molecular weight is 860 g/mol. The van der Waals surface area contributed by atoms with Crippen molar-refractivity contribution in [3.63, 3.8) is 0 Å². The van der Waals surface area contributed by atoms with Gasteiger partial charge < -0.3 is 68.0 Å². The Hall–Kier alpha value is -2.55. The van der Waals surface area contributed by atoms with Crippen LogP contribution < -0.4 is 0 Å². The van der Waals surface area contributed by atoms with Crippen LogP contribution in [0.2, 0.25) is 0 Å². The highest BCUT2D eigenvalue weighted by Gasteiger charge is 2.54. The van der Waals surface area contributed by atoms with Gasteiger partial charge in [-0.1, -0.05) is 45.1 Å². The number of aliphatic hydroxyl groups excluding tert-OH is 4. The Morgan fingerprint density at radius 2 is 1.67 bits per heavy atom. The van der Waals surface area contributed by atoms with Crippen molar-refractivity contribution >= 4 is 17.9 Å². The standard InChI is InChI=1S/C43H73NO16/c1-12-17-32(48)57-41-27(6)55-35(23-43(41,7)60-31(47)13-2)58-38-26(5)56-42(37(51)36(38)44(8)9)59-39-28(21-33(49)52-10)20-24(3)29(45)19-16-14-15-18-25(4)54-34(50)22-30(46)40(39)53-11/h14-16,19,24-30,33,35-42,45-46,49,51H,12-13,17-18,20-23H2,1-11H3/b15-14+,19-16+/t24-,25-,26-,27+,28?,29+,30-,33?,35+,36-,37-,38-,39+,40+,41+,42+,43-/m1/s1. The van der Waals surface area contributed by atoms with Gasteiger partial charge in [-0.2, -0.15) is 0 Å². The van der Waals surface area contributed by atoms with Crippen molar-refractivity contribution in [2.45, 2.75) is 191 Å². The van der Waals surface area contributed by atoms with Crippen molar-refractivity contribution in [3.8, 4) is 0 Å². The van der Waals surface area contributed by atoms with Crippen LogP contribution in [-0.4, -0.2) is 163 Å². The zero-order chi connectivity index (χ0) is 44.9. The van der Waals surface area contributed by atoms with Crippen LogP contribution in [0.15, 0.2) is 24.3 Å². The lowest BCUT2D eigenvalue weighted by atomic mass is 9.82. The molecule has 3 heterocycles. The first-order valence-corrected chi connectivity index (χ1v) is 21.3. The maximum Gasteiger partial charge on any atom is 0.308 e. The Morgan fingerprint density at radius 3 is 2.28 bits per heavy atom. The Labute approximate surface area is 355 Å². The molecule has 0 spiro atoms. The summed E-state index contributed by atoms with van der Waals surface area (Å²) in [6, 6.07) is -0.794. The van der Waals surface area contributed by atoms with E-state index in [-0.39, 0.29) is 32.1 Å². The summed E-state index contributed by atoms with van der Waals surface area (Å²) in [4.78, 5) is 40.1. The molecule has 60 heavy (non-hydrogen) atoms. The molecule has 0 aromatic heterocycles. The van der Waals surface area contributed by atoms with Crippen LogP contribution >= 0.6 is 0 Å². The summed E-state index contributed by atoms with van der Waals surface area (Å²) in [6.45, 7) is 12.2. The molecule has 3 aliphatic heterocycles. The van der Waals surface area contributed by atoms with E-state index in [0.29, 0.717) is 12.8 Å². The largest absolute Gasteiger partial charge is 0.462 e. The molecule has 0 saturated carbocycles. The molecule has 0 radical (unpaired) electrons. The van der Waals surface area contributed by atoms with Gasteiger partial charge in [0, 0.05) is 46.3 Å². The minimum absolute atomic E-state index is 0.00224. The summed E-state index contributed by atoms with van der Waals surface area (Å²) in [5, 5.41) is 45.7. The molecular weight excluding hydrogens is 786 g/mol. The Morgan fingerprint density at radius 1 is 0.967 bits per heavy atom. The average Bonchev–Trinajstić information content (AvgIpc) is 3.16. The van der Waals surface area contributed by atoms with Gasteiger partial charge in [0.15, 0.2) is 30.6 Å². The second kappa shape index (κ2) is 24.3. The number of nitrogens with zero attached hydrogens (tertiary/aromatic N) is 1. The lowest BCUT2D eigenvalue weighted by Gasteiger charge is -2.51. The summed E-state index contributed by atoms with van der Waals surface area (Å²) in [6.07, 6.45) is -5.63. The molecule has 0 bridgehead atoms. The Kier molecular flexibility index (Phi) is 21.0. The normalized spacial score (nSPS) is 40.3. The first-order valence-electron chi connectivity index (χ1n) is 21.3. The smallest absolute Gasteiger partial charge is 0.308 e. The third kappa shape index (κ3) is 14.5. The highest BCUT2D eigenvalue weighted by molar-refractivity contribution is 5.71. The monoisotopic (exact) mass is 859 g/mol. The molecule has 4 N–H and O–H groups in total. The fourth-order valence-corrected chi connectivity index (χ4v) is 8.30. The van der Waals surface area contributed by atoms with E-state index in [1.165, 1.54) is 14.2 Å². The van der Waals surface area contributed by atoms with Crippen molar-refractivity contribution < 1.29 is 77.4 Å². The molecule has 0 aliphatic carbocycles. The number of allylic oxidation sites excluding steroid dienone is 2. The van der Waals surface area contributed by atoms with Gasteiger partial charge in [-0.3, -0.25) is 14.4 Å². The zero-order valence-electron chi connectivity index (χ0n) is 37.3. The van der Waals surface area contributed by atoms with Crippen LogP contribution in [0.3, 0.4) is 0 Å². The number of likely N-dealkylation sites (N-methyl/N-ethyl adjacent to an activating group) is 1. The number of hydrogen-bond donors (Lipinski definition) is 4. The third-order valence-electron chi connectivity index (χ3n) is 11.5. The lowest BCUT2D eigenvalue weighted by Crippen LogP contribution is -2.66. The van der Waals surface area contributed by atoms with Gasteiger partial charge in [0.05, 0.1) is 43.0 Å². The SMILES string of the molecule is CCCC(=O)O[C@H]1[C@H](C)O[C@@H](O[C@H]2[C@H](N(C)C)[C@@H](O)[C@H](O[C@H]3C(CC(O)OC)C[C@@H](C)[C@@H](O)/C=C/C=C/C[C@@H](C)OC(=O)C[C@@H](O)[C@@H]3OC)O[C@@H]2C)C[C@@]1(C)OC(=O)CC. The number of cyclic esters (lactones) is 1. The molecule has 0 aromatic rings. The number of hydrogen-bond acceptors (Lipinski definition) is 17. The van der Waals surface area contributed by atoms with Crippen LogP contribution in [-0.2, 0) is 57.0 Å². The van der Waals surface area contributed by atoms with Gasteiger partial charge in [0.25, 0.3) is 0 Å². The highest BCUT2D eigenvalue weighted by Crippen LogP contribution is 2.39. The summed E-state index contributed by atoms with van der Waals surface area (Å²) >= 11 is 0. The van der Waals surface area contributed by atoms with Crippen molar-refractivity contribution in [1.29, 1.82) is 0 Å². The van der Waals surface area contributed by atoms with Crippen LogP contribution in [0.4, 0.5) is 0 Å². The van der Waals surface area contributed by atoms with E-state index >= 15 is 0 Å². The Balaban J connectivity index is 1.99. The van der Waals surface area contributed by atoms with Gasteiger partial charge in [-0.25, -0.2) is 0 Å². The van der Waals surface area contributed by atoms with Gasteiger partial charge >= 0.3 is 17.9 Å². The molecular formula is C43H73NO16. The fraction of sp³-hybridized carbons (Fsp3) is 0.837. The second-order valence-electron chi connectivity index (χ2n) is 16.8. The lowest BCUT2D eigenvalue weighted by molar-refractivity contribution is -0.345. The topological polar surface area (TPSA) is 218 Å². The first-order chi connectivity index (χ1) is 28.3. The van der Waals surface area contributed by atoms with E-state index in [0.717, 1.165) is 0 Å². The molecule has 2 saturated heterocycles. The molecule has 17 atom stereocenters. The van der Waals surface area contributed by atoms with E-state index in [1.54, 1.807) is 71.8 Å². The van der Waals surface area contributed by atoms with E-state index in [9.17, 15) is 34.8 Å². The van der Waals surface area contributed by atoms with E-state index in [2.05, 4.69) is 0 Å². The van der Waals surface area contributed by atoms with Crippen molar-refractivity contribution in [3.05, 3.63) is 24.3 Å². The van der Waals surface area contributed by atoms with Crippen LogP contribution in [0, 0.1) is 11.8 Å². The summed E-state index contributed by atoms with van der Waals surface area (Å²) in [5.74, 6) is -2.69. The number of methoxy groups -OCH3 is 2. The molecule has 0 amide bonds. The Bertz CT molecular complexity index is 1400. The first kappa shape index (κ1) is 51.8. The molecule has 2 fully saturated rings. The van der Waals surface area contributed by atoms with Crippen LogP contribution in [0.5, 0.6) is 0 Å². The maximum atomic E-state index is 13.0. The molecule has 3 rings (SSSR count). The van der Waals surface area contributed by atoms with Gasteiger partial charge in [0.2, 0.25) is 0 Å². The second-order valence-corrected chi connectivity index (χ2v) is 16.8. The highest BCUT2D eigenvalue weighted by atomic mass is 16.7. The number of aliphatic hydroxyl groups is 4. The fourth-order valence-electron chi connectivity index (χ4n) is 8.30. The van der Waals surface area contributed by atoms with Crippen LogP contribution in [0.25, 0.3) is 0 Å². The number of ether oxygens (including phenoxy) is 9. The molecule has 346 valence electrons. The molecule has 0 aromatic carbocycles. The number of carbonyl (C=O) groups excluding carboxylic acids is 3. The number of carbonyl (C=O) groups is 3. The summed E-state index contributed by atoms with van der Waals surface area (Å²) in [5.41, 5.74) is -1.31. The van der Waals surface area contributed by atoms with Crippen LogP contribution in [0.1, 0.15) is 99.8 Å². The van der Waals surface area contributed by atoms with Crippen molar-refractivity contribution in [1.82, 2.24) is 4.90 Å². The van der Waals surface area contributed by atoms with Gasteiger partial charge in [0.1, 0.15) is 24.4 Å². The molecule has 3 aliphatic rings. The van der Waals surface area contributed by atoms with Gasteiger partial charge in [-0.15, -0.1) is 0 Å². The summed E-state index contributed by atoms with van der Waals surface area (Å²) in [7, 11) is 6.20. The molecule has 17 nitrogen and oxygen atoms in total. The summed E-state index contributed by atoms with van der Waals surface area (Å²) < 4.78 is 54.3. The zero-order valence-corrected chi connectivity index (χ0v) is 37.3. The predicted octanol–water partition coefficient (Wildman–Crippen LogP) is 2.92. The van der Waals surface area contributed by atoms with E-state index < -0.39 is 128 Å². The predicted molar refractivity (Wildman–Crippen MR) is 217 cm³/mol. The van der Waals surface area contributed by atoms with E-state index in [4.69, 9.17) is 42.6 Å². The minimum atomic E-state index is -1.46. The molecule has 17 heteroatoms. The van der Waals surface area contributed by atoms with E-state index in [1.807, 2.05) is 19.9 Å². The van der Waals surface area contributed by atoms with Crippen molar-refractivity contribution in [2.75, 3.05) is 28.3 Å². The minimum Gasteiger partial charge on any atom is -0.462 e. The third-order valence-corrected chi connectivity index (χ3v) is 11.5. The quantitative estimate of drug-likeness (QED) is 0.112. The maximum absolute atomic E-state index is 13.0. The number of esters is 3. The number of rotatable bonds is 14. The van der Waals surface area contributed by atoms with Gasteiger partial charge in [-0.05, 0) is 66.5 Å². The molecule has 2 unspecified atom stereocenters.